The van der Waals surface area contributed by atoms with E-state index < -0.39 is 5.82 Å². The molecule has 1 atom stereocenters. The van der Waals surface area contributed by atoms with Crippen LogP contribution in [0.3, 0.4) is 0 Å². The SMILES string of the molecule is O=C(c1ccc(Br)c(F)c1)N1CCCCCC1CCl. The Morgan fingerprint density at radius 2 is 2.21 bits per heavy atom. The molecule has 0 aromatic heterocycles. The molecule has 1 amide bonds. The zero-order valence-corrected chi connectivity index (χ0v) is 12.9. The van der Waals surface area contributed by atoms with Crippen molar-refractivity contribution in [2.45, 2.75) is 31.7 Å². The molecule has 0 radical (unpaired) electrons. The van der Waals surface area contributed by atoms with E-state index in [1.54, 1.807) is 17.0 Å². The second-order valence-corrected chi connectivity index (χ2v) is 5.95. The number of hydrogen-bond acceptors (Lipinski definition) is 1. The zero-order valence-electron chi connectivity index (χ0n) is 10.5. The van der Waals surface area contributed by atoms with E-state index in [0.29, 0.717) is 22.5 Å². The topological polar surface area (TPSA) is 20.3 Å². The van der Waals surface area contributed by atoms with Gasteiger partial charge in [-0.25, -0.2) is 4.39 Å². The van der Waals surface area contributed by atoms with Crippen LogP contribution in [0.5, 0.6) is 0 Å². The van der Waals surface area contributed by atoms with Gasteiger partial charge in [-0.2, -0.15) is 0 Å². The maximum atomic E-state index is 13.5. The number of carbonyl (C=O) groups excluding carboxylic acids is 1. The van der Waals surface area contributed by atoms with Gasteiger partial charge in [-0.05, 0) is 47.0 Å². The standard InChI is InChI=1S/C14H16BrClFNO/c15-12-6-5-10(8-13(12)17)14(19)18-7-3-1-2-4-11(18)9-16/h5-6,8,11H,1-4,7,9H2. The third-order valence-corrected chi connectivity index (χ3v) is 4.48. The molecular formula is C14H16BrClFNO. The summed E-state index contributed by atoms with van der Waals surface area (Å²) in [4.78, 5) is 14.3. The van der Waals surface area contributed by atoms with Gasteiger partial charge < -0.3 is 4.90 Å². The Morgan fingerprint density at radius 1 is 1.42 bits per heavy atom. The highest BCUT2D eigenvalue weighted by molar-refractivity contribution is 9.10. The average molecular weight is 349 g/mol. The van der Waals surface area contributed by atoms with Crippen LogP contribution in [-0.2, 0) is 0 Å². The van der Waals surface area contributed by atoms with Gasteiger partial charge in [-0.3, -0.25) is 4.79 Å². The summed E-state index contributed by atoms with van der Waals surface area (Å²) in [7, 11) is 0. The van der Waals surface area contributed by atoms with E-state index in [0.717, 1.165) is 25.7 Å². The summed E-state index contributed by atoms with van der Waals surface area (Å²) in [6, 6.07) is 4.55. The lowest BCUT2D eigenvalue weighted by molar-refractivity contribution is 0.0700. The van der Waals surface area contributed by atoms with Crippen LogP contribution in [0.2, 0.25) is 0 Å². The van der Waals surface area contributed by atoms with Crippen molar-refractivity contribution in [3.8, 4) is 0 Å². The third kappa shape index (κ3) is 3.48. The Labute approximate surface area is 126 Å². The Kier molecular flexibility index (Phi) is 5.22. The lowest BCUT2D eigenvalue weighted by atomic mass is 10.1. The maximum Gasteiger partial charge on any atom is 0.254 e. The summed E-state index contributed by atoms with van der Waals surface area (Å²) < 4.78 is 13.9. The van der Waals surface area contributed by atoms with Crippen molar-refractivity contribution in [3.63, 3.8) is 0 Å². The Balaban J connectivity index is 2.22. The second-order valence-electron chi connectivity index (χ2n) is 4.78. The van der Waals surface area contributed by atoms with Crippen LogP contribution in [-0.4, -0.2) is 29.3 Å². The zero-order chi connectivity index (χ0) is 13.8. The van der Waals surface area contributed by atoms with Gasteiger partial charge in [-0.15, -0.1) is 11.6 Å². The predicted octanol–water partition coefficient (Wildman–Crippen LogP) is 4.21. The smallest absolute Gasteiger partial charge is 0.254 e. The monoisotopic (exact) mass is 347 g/mol. The van der Waals surface area contributed by atoms with Gasteiger partial charge in [0.25, 0.3) is 5.91 Å². The fraction of sp³-hybridized carbons (Fsp3) is 0.500. The minimum absolute atomic E-state index is 0.0587. The molecule has 1 aliphatic rings. The highest BCUT2D eigenvalue weighted by Crippen LogP contribution is 2.22. The summed E-state index contributed by atoms with van der Waals surface area (Å²) in [5.74, 6) is -0.105. The molecule has 19 heavy (non-hydrogen) atoms. The number of alkyl halides is 1. The fourth-order valence-corrected chi connectivity index (χ4v) is 2.97. The van der Waals surface area contributed by atoms with E-state index in [-0.39, 0.29) is 11.9 Å². The van der Waals surface area contributed by atoms with Crippen LogP contribution in [0.1, 0.15) is 36.0 Å². The minimum Gasteiger partial charge on any atom is -0.334 e. The lowest BCUT2D eigenvalue weighted by Crippen LogP contribution is -2.41. The van der Waals surface area contributed by atoms with Crippen LogP contribution in [0.25, 0.3) is 0 Å². The van der Waals surface area contributed by atoms with E-state index in [2.05, 4.69) is 15.9 Å². The molecule has 0 N–H and O–H groups in total. The molecule has 1 heterocycles. The first-order chi connectivity index (χ1) is 9.13. The van der Waals surface area contributed by atoms with Crippen molar-refractivity contribution >= 4 is 33.4 Å². The predicted molar refractivity (Wildman–Crippen MR) is 78.1 cm³/mol. The molecule has 1 unspecified atom stereocenters. The van der Waals surface area contributed by atoms with Crippen molar-refractivity contribution in [2.24, 2.45) is 0 Å². The van der Waals surface area contributed by atoms with Gasteiger partial charge >= 0.3 is 0 Å². The summed E-state index contributed by atoms with van der Waals surface area (Å²) in [5, 5.41) is 0. The van der Waals surface area contributed by atoms with Crippen LogP contribution in [0.4, 0.5) is 4.39 Å². The Bertz CT molecular complexity index is 469. The highest BCUT2D eigenvalue weighted by atomic mass is 79.9. The number of benzene rings is 1. The maximum absolute atomic E-state index is 13.5. The van der Waals surface area contributed by atoms with Gasteiger partial charge in [0.05, 0.1) is 4.47 Å². The average Bonchev–Trinajstić information content (AvgIpc) is 2.66. The molecule has 1 aromatic rings. The molecule has 1 fully saturated rings. The van der Waals surface area contributed by atoms with Crippen molar-refractivity contribution in [3.05, 3.63) is 34.1 Å². The van der Waals surface area contributed by atoms with Crippen molar-refractivity contribution in [1.82, 2.24) is 4.90 Å². The van der Waals surface area contributed by atoms with Crippen LogP contribution in [0.15, 0.2) is 22.7 Å². The molecule has 0 bridgehead atoms. The van der Waals surface area contributed by atoms with Crippen LogP contribution in [0, 0.1) is 5.82 Å². The number of rotatable bonds is 2. The van der Waals surface area contributed by atoms with Crippen molar-refractivity contribution < 1.29 is 9.18 Å². The molecule has 2 rings (SSSR count). The van der Waals surface area contributed by atoms with E-state index in [1.165, 1.54) is 6.07 Å². The molecule has 0 saturated carbocycles. The number of amides is 1. The first-order valence-corrected chi connectivity index (χ1v) is 7.78. The molecule has 2 nitrogen and oxygen atoms in total. The largest absolute Gasteiger partial charge is 0.334 e. The van der Waals surface area contributed by atoms with Crippen molar-refractivity contribution in [2.75, 3.05) is 12.4 Å². The van der Waals surface area contributed by atoms with E-state index in [4.69, 9.17) is 11.6 Å². The van der Waals surface area contributed by atoms with Crippen molar-refractivity contribution in [1.29, 1.82) is 0 Å². The highest BCUT2D eigenvalue weighted by Gasteiger charge is 2.25. The van der Waals surface area contributed by atoms with E-state index >= 15 is 0 Å². The normalized spacial score (nSPS) is 20.2. The molecular weight excluding hydrogens is 333 g/mol. The third-order valence-electron chi connectivity index (χ3n) is 3.48. The lowest BCUT2D eigenvalue weighted by Gasteiger charge is -2.28. The summed E-state index contributed by atoms with van der Waals surface area (Å²) >= 11 is 9.05. The van der Waals surface area contributed by atoms with Gasteiger partial charge in [0.15, 0.2) is 0 Å². The second kappa shape index (κ2) is 6.71. The molecule has 1 aromatic carbocycles. The molecule has 1 saturated heterocycles. The molecule has 104 valence electrons. The fourth-order valence-electron chi connectivity index (χ4n) is 2.40. The van der Waals surface area contributed by atoms with Gasteiger partial charge in [0.2, 0.25) is 0 Å². The Hall–Kier alpha value is -0.610. The molecule has 0 aliphatic carbocycles. The number of halogens is 3. The van der Waals surface area contributed by atoms with Gasteiger partial charge in [0.1, 0.15) is 5.82 Å². The number of hydrogen-bond donors (Lipinski definition) is 0. The number of nitrogens with zero attached hydrogens (tertiary/aromatic N) is 1. The summed E-state index contributed by atoms with van der Waals surface area (Å²) in [5.41, 5.74) is 0.387. The van der Waals surface area contributed by atoms with Crippen LogP contribution >= 0.6 is 27.5 Å². The minimum atomic E-state index is -0.414. The summed E-state index contributed by atoms with van der Waals surface area (Å²) in [6.07, 6.45) is 4.12. The quantitative estimate of drug-likeness (QED) is 0.733. The van der Waals surface area contributed by atoms with Gasteiger partial charge in [-0.1, -0.05) is 12.8 Å². The first-order valence-electron chi connectivity index (χ1n) is 6.45. The van der Waals surface area contributed by atoms with Gasteiger partial charge in [0, 0.05) is 24.0 Å². The molecule has 0 spiro atoms. The summed E-state index contributed by atoms with van der Waals surface area (Å²) in [6.45, 7) is 0.702. The van der Waals surface area contributed by atoms with E-state index in [9.17, 15) is 9.18 Å². The molecule has 1 aliphatic heterocycles. The molecule has 5 heteroatoms. The van der Waals surface area contributed by atoms with Crippen LogP contribution < -0.4 is 0 Å². The number of carbonyl (C=O) groups is 1. The van der Waals surface area contributed by atoms with E-state index in [1.807, 2.05) is 0 Å². The Morgan fingerprint density at radius 3 is 2.89 bits per heavy atom. The number of likely N-dealkylation sites (tertiary alicyclic amines) is 1. The first kappa shape index (κ1) is 14.8.